The Labute approximate surface area is 166 Å². The molecule has 1 aliphatic carbocycles. The first-order valence-electron chi connectivity index (χ1n) is 10.0. The molecular formula is C22H31FN4O. The van der Waals surface area contributed by atoms with Gasteiger partial charge in [-0.05, 0) is 42.2 Å². The maximum atomic E-state index is 14.8. The number of alkyl halides is 1. The van der Waals surface area contributed by atoms with Crippen LogP contribution in [0.1, 0.15) is 45.7 Å². The third kappa shape index (κ3) is 4.27. The molecule has 0 aliphatic heterocycles. The highest BCUT2D eigenvalue weighted by atomic mass is 19.1. The van der Waals surface area contributed by atoms with Crippen molar-refractivity contribution < 1.29 is 4.39 Å². The molecule has 0 amide bonds. The predicted octanol–water partition coefficient (Wildman–Crippen LogP) is 3.70. The van der Waals surface area contributed by atoms with Crippen LogP contribution in [0.15, 0.2) is 40.7 Å². The summed E-state index contributed by atoms with van der Waals surface area (Å²) in [4.78, 5) is 17.3. The second kappa shape index (κ2) is 8.03. The van der Waals surface area contributed by atoms with Crippen LogP contribution in [0.4, 0.5) is 4.39 Å². The third-order valence-corrected chi connectivity index (χ3v) is 5.24. The van der Waals surface area contributed by atoms with Gasteiger partial charge in [0, 0.05) is 20.1 Å². The summed E-state index contributed by atoms with van der Waals surface area (Å²) in [7, 11) is 1.73. The minimum Gasteiger partial charge on any atom is -0.313 e. The van der Waals surface area contributed by atoms with Crippen LogP contribution in [-0.4, -0.2) is 33.4 Å². The molecule has 0 fully saturated rings. The highest BCUT2D eigenvalue weighted by Crippen LogP contribution is 2.29. The predicted molar refractivity (Wildman–Crippen MR) is 112 cm³/mol. The summed E-state index contributed by atoms with van der Waals surface area (Å²) >= 11 is 0. The highest BCUT2D eigenvalue weighted by molar-refractivity contribution is 5.72. The van der Waals surface area contributed by atoms with Crippen LogP contribution in [0.25, 0.3) is 11.2 Å². The Morgan fingerprint density at radius 1 is 1.29 bits per heavy atom. The Kier molecular flexibility index (Phi) is 5.89. The standard InChI is InChI=1S/C22H31FN4O/c1-6-24-14-15-7-8-16(17(23)13-15)18-9-10-19-20(25-18)26(5)21(28)27(19)12-11-22(2,3)4/h7-10,13,16-17,24H,6,11-12,14H2,1-5H3. The van der Waals surface area contributed by atoms with Crippen molar-refractivity contribution in [2.24, 2.45) is 12.5 Å². The first-order valence-corrected chi connectivity index (χ1v) is 10.0. The Morgan fingerprint density at radius 2 is 2.04 bits per heavy atom. The Balaban J connectivity index is 1.89. The van der Waals surface area contributed by atoms with E-state index in [2.05, 4.69) is 31.1 Å². The zero-order chi connectivity index (χ0) is 20.5. The normalized spacial score (nSPS) is 20.0. The summed E-state index contributed by atoms with van der Waals surface area (Å²) in [5.41, 5.74) is 3.08. The van der Waals surface area contributed by atoms with E-state index in [9.17, 15) is 9.18 Å². The van der Waals surface area contributed by atoms with Gasteiger partial charge in [-0.1, -0.05) is 39.8 Å². The molecule has 28 heavy (non-hydrogen) atoms. The van der Waals surface area contributed by atoms with Crippen molar-refractivity contribution in [1.29, 1.82) is 0 Å². The molecule has 0 aromatic carbocycles. The summed E-state index contributed by atoms with van der Waals surface area (Å²) < 4.78 is 18.1. The molecule has 2 atom stereocenters. The number of allylic oxidation sites excluding steroid dienone is 2. The van der Waals surface area contributed by atoms with E-state index in [0.29, 0.717) is 24.4 Å². The van der Waals surface area contributed by atoms with E-state index in [0.717, 1.165) is 24.1 Å². The van der Waals surface area contributed by atoms with E-state index in [-0.39, 0.29) is 11.1 Å². The number of aromatic nitrogens is 3. The second-order valence-corrected chi connectivity index (χ2v) is 8.73. The van der Waals surface area contributed by atoms with E-state index in [1.807, 2.05) is 31.2 Å². The Morgan fingerprint density at radius 3 is 2.68 bits per heavy atom. The first-order chi connectivity index (χ1) is 13.2. The number of hydrogen-bond donors (Lipinski definition) is 1. The minimum atomic E-state index is -1.12. The molecule has 2 unspecified atom stereocenters. The number of halogens is 1. The molecule has 0 saturated carbocycles. The molecule has 2 aromatic heterocycles. The molecule has 2 heterocycles. The molecule has 0 spiro atoms. The minimum absolute atomic E-state index is 0.0762. The summed E-state index contributed by atoms with van der Waals surface area (Å²) in [5, 5.41) is 3.21. The topological polar surface area (TPSA) is 51.9 Å². The van der Waals surface area contributed by atoms with E-state index in [4.69, 9.17) is 0 Å². The van der Waals surface area contributed by atoms with Crippen LogP contribution in [0.5, 0.6) is 0 Å². The van der Waals surface area contributed by atoms with Crippen molar-refractivity contribution in [1.82, 2.24) is 19.4 Å². The first kappa shape index (κ1) is 20.5. The molecule has 6 heteroatoms. The van der Waals surface area contributed by atoms with Gasteiger partial charge in [0.05, 0.1) is 17.1 Å². The van der Waals surface area contributed by atoms with Gasteiger partial charge < -0.3 is 5.32 Å². The van der Waals surface area contributed by atoms with Crippen LogP contribution in [0.3, 0.4) is 0 Å². The maximum absolute atomic E-state index is 14.8. The number of hydrogen-bond acceptors (Lipinski definition) is 3. The monoisotopic (exact) mass is 386 g/mol. The lowest BCUT2D eigenvalue weighted by atomic mass is 9.91. The van der Waals surface area contributed by atoms with Gasteiger partial charge in [-0.15, -0.1) is 0 Å². The highest BCUT2D eigenvalue weighted by Gasteiger charge is 2.25. The summed E-state index contributed by atoms with van der Waals surface area (Å²) in [6.07, 6.45) is 5.27. The van der Waals surface area contributed by atoms with Crippen molar-refractivity contribution in [2.75, 3.05) is 13.1 Å². The average Bonchev–Trinajstić information content (AvgIpc) is 2.88. The van der Waals surface area contributed by atoms with Gasteiger partial charge in [0.1, 0.15) is 6.17 Å². The Bertz CT molecular complexity index is 961. The number of nitrogens with zero attached hydrogens (tertiary/aromatic N) is 3. The molecule has 0 radical (unpaired) electrons. The zero-order valence-electron chi connectivity index (χ0n) is 17.5. The van der Waals surface area contributed by atoms with E-state index in [1.165, 1.54) is 0 Å². The van der Waals surface area contributed by atoms with Crippen LogP contribution in [-0.2, 0) is 13.6 Å². The van der Waals surface area contributed by atoms with Gasteiger partial charge in [0.25, 0.3) is 0 Å². The number of fused-ring (bicyclic) bond motifs is 1. The van der Waals surface area contributed by atoms with Crippen molar-refractivity contribution in [3.8, 4) is 0 Å². The molecule has 0 saturated heterocycles. The summed E-state index contributed by atoms with van der Waals surface area (Å²) in [5.74, 6) is -0.428. The molecule has 2 aromatic rings. The van der Waals surface area contributed by atoms with Crippen LogP contribution in [0, 0.1) is 5.41 Å². The van der Waals surface area contributed by atoms with Crippen molar-refractivity contribution >= 4 is 11.2 Å². The number of nitrogens with one attached hydrogen (secondary N) is 1. The number of likely N-dealkylation sites (N-methyl/N-ethyl adjacent to an activating group) is 1. The summed E-state index contributed by atoms with van der Waals surface area (Å²) in [6, 6.07) is 3.75. The SMILES string of the molecule is CCNCC1=CC(F)C(c2ccc3c(n2)n(C)c(=O)n3CCC(C)(C)C)C=C1. The molecule has 152 valence electrons. The number of pyridine rings is 1. The molecule has 0 bridgehead atoms. The molecule has 1 N–H and O–H groups in total. The van der Waals surface area contributed by atoms with Gasteiger partial charge >= 0.3 is 5.69 Å². The fourth-order valence-electron chi connectivity index (χ4n) is 3.48. The van der Waals surface area contributed by atoms with Crippen LogP contribution < -0.4 is 11.0 Å². The van der Waals surface area contributed by atoms with E-state index >= 15 is 0 Å². The van der Waals surface area contributed by atoms with E-state index in [1.54, 1.807) is 22.3 Å². The molecular weight excluding hydrogens is 355 g/mol. The number of aryl methyl sites for hydroxylation is 2. The molecule has 5 nitrogen and oxygen atoms in total. The van der Waals surface area contributed by atoms with Crippen molar-refractivity contribution in [3.63, 3.8) is 0 Å². The number of rotatable bonds is 6. The molecule has 1 aliphatic rings. The van der Waals surface area contributed by atoms with Gasteiger partial charge in [-0.2, -0.15) is 0 Å². The third-order valence-electron chi connectivity index (χ3n) is 5.24. The maximum Gasteiger partial charge on any atom is 0.330 e. The summed E-state index contributed by atoms with van der Waals surface area (Å²) in [6.45, 7) is 10.7. The lowest BCUT2D eigenvalue weighted by Gasteiger charge is -2.20. The smallest absolute Gasteiger partial charge is 0.313 e. The second-order valence-electron chi connectivity index (χ2n) is 8.73. The quantitative estimate of drug-likeness (QED) is 0.824. The van der Waals surface area contributed by atoms with Crippen molar-refractivity contribution in [3.05, 3.63) is 52.1 Å². The fraction of sp³-hybridized carbons (Fsp3) is 0.545. The zero-order valence-corrected chi connectivity index (χ0v) is 17.5. The van der Waals surface area contributed by atoms with Gasteiger partial charge in [0.15, 0.2) is 5.65 Å². The number of imidazole rings is 1. The fourth-order valence-corrected chi connectivity index (χ4v) is 3.48. The van der Waals surface area contributed by atoms with Gasteiger partial charge in [-0.25, -0.2) is 14.2 Å². The van der Waals surface area contributed by atoms with Gasteiger partial charge in [0.2, 0.25) is 0 Å². The van der Waals surface area contributed by atoms with Crippen LogP contribution in [0.2, 0.25) is 0 Å². The lowest BCUT2D eigenvalue weighted by molar-refractivity contribution is 0.349. The average molecular weight is 387 g/mol. The van der Waals surface area contributed by atoms with Gasteiger partial charge in [-0.3, -0.25) is 9.13 Å². The largest absolute Gasteiger partial charge is 0.330 e. The lowest BCUT2D eigenvalue weighted by Crippen LogP contribution is -2.24. The van der Waals surface area contributed by atoms with Crippen LogP contribution >= 0.6 is 0 Å². The van der Waals surface area contributed by atoms with Crippen molar-refractivity contribution in [2.45, 2.75) is 52.8 Å². The Hall–Kier alpha value is -2.21. The molecule has 3 rings (SSSR count). The van der Waals surface area contributed by atoms with E-state index < -0.39 is 12.1 Å².